The Bertz CT molecular complexity index is 1020. The first-order chi connectivity index (χ1) is 13.8. The number of nitro groups is 1. The summed E-state index contributed by atoms with van der Waals surface area (Å²) < 4.78 is 7.81. The molecular formula is C18H18BrN5O4S. The fraction of sp³-hybridized carbons (Fsp3) is 0.278. The number of halogens is 1. The van der Waals surface area contributed by atoms with Crippen molar-refractivity contribution < 1.29 is 14.1 Å². The Hall–Kier alpha value is -2.66. The Morgan fingerprint density at radius 2 is 2.17 bits per heavy atom. The van der Waals surface area contributed by atoms with Crippen LogP contribution in [0.25, 0.3) is 11.6 Å². The summed E-state index contributed by atoms with van der Waals surface area (Å²) in [4.78, 5) is 22.7. The second-order valence-corrected chi connectivity index (χ2v) is 8.34. The Balaban J connectivity index is 1.69. The number of nitro benzene ring substituents is 1. The number of benzene rings is 1. The van der Waals surface area contributed by atoms with Crippen molar-refractivity contribution in [1.29, 1.82) is 0 Å². The van der Waals surface area contributed by atoms with Crippen molar-refractivity contribution in [1.82, 2.24) is 14.8 Å². The van der Waals surface area contributed by atoms with Gasteiger partial charge in [-0.15, -0.1) is 10.2 Å². The highest BCUT2D eigenvalue weighted by Crippen LogP contribution is 2.28. The summed E-state index contributed by atoms with van der Waals surface area (Å²) >= 11 is 4.50. The number of aromatic nitrogens is 3. The molecule has 2 heterocycles. The lowest BCUT2D eigenvalue weighted by atomic mass is 10.2. The van der Waals surface area contributed by atoms with Crippen LogP contribution in [0.2, 0.25) is 0 Å². The van der Waals surface area contributed by atoms with Gasteiger partial charge in [0.05, 0.1) is 22.6 Å². The maximum absolute atomic E-state index is 12.4. The molecule has 0 atom stereocenters. The Kier molecular flexibility index (Phi) is 6.70. The van der Waals surface area contributed by atoms with Gasteiger partial charge in [-0.25, -0.2) is 0 Å². The first-order valence-corrected chi connectivity index (χ1v) is 10.5. The summed E-state index contributed by atoms with van der Waals surface area (Å²) in [5, 5.41) is 22.6. The van der Waals surface area contributed by atoms with Gasteiger partial charge in [0.2, 0.25) is 5.91 Å². The normalized spacial score (nSPS) is 11.0. The zero-order valence-corrected chi connectivity index (χ0v) is 18.1. The van der Waals surface area contributed by atoms with E-state index in [1.54, 1.807) is 12.3 Å². The molecule has 0 radical (unpaired) electrons. The van der Waals surface area contributed by atoms with E-state index in [4.69, 9.17) is 4.42 Å². The number of carbonyl (C=O) groups excluding carboxylic acids is 1. The number of hydrogen-bond acceptors (Lipinski definition) is 7. The second kappa shape index (κ2) is 9.23. The van der Waals surface area contributed by atoms with E-state index in [0.717, 1.165) is 0 Å². The van der Waals surface area contributed by atoms with Crippen molar-refractivity contribution in [3.8, 4) is 11.6 Å². The number of rotatable bonds is 8. The average molecular weight is 480 g/mol. The minimum absolute atomic E-state index is 0.0588. The van der Waals surface area contributed by atoms with Gasteiger partial charge in [0.25, 0.3) is 5.69 Å². The fourth-order valence-electron chi connectivity index (χ4n) is 2.55. The van der Waals surface area contributed by atoms with Gasteiger partial charge in [0, 0.05) is 23.2 Å². The van der Waals surface area contributed by atoms with Gasteiger partial charge in [-0.05, 0) is 40.0 Å². The molecule has 1 N–H and O–H groups in total. The maximum atomic E-state index is 12.4. The van der Waals surface area contributed by atoms with Crippen molar-refractivity contribution in [2.24, 2.45) is 5.92 Å². The molecule has 152 valence electrons. The molecule has 0 bridgehead atoms. The number of anilines is 1. The average Bonchev–Trinajstić information content (AvgIpc) is 3.31. The molecule has 0 fully saturated rings. The summed E-state index contributed by atoms with van der Waals surface area (Å²) in [5.74, 6) is 1.43. The minimum Gasteiger partial charge on any atom is -0.461 e. The van der Waals surface area contributed by atoms with Crippen molar-refractivity contribution in [2.75, 3.05) is 11.1 Å². The zero-order valence-electron chi connectivity index (χ0n) is 15.7. The molecule has 9 nitrogen and oxygen atoms in total. The van der Waals surface area contributed by atoms with Gasteiger partial charge in [-0.2, -0.15) is 0 Å². The number of thioether (sulfide) groups is 1. The quantitative estimate of drug-likeness (QED) is 0.285. The Morgan fingerprint density at radius 3 is 2.79 bits per heavy atom. The molecule has 1 amide bonds. The molecule has 3 rings (SSSR count). The third-order valence-corrected chi connectivity index (χ3v) is 5.40. The molecule has 2 aromatic heterocycles. The SMILES string of the molecule is CC(C)Cn1c(SCC(=O)Nc2ccc([N+](=O)[O-])cc2Br)nnc1-c1ccco1. The van der Waals surface area contributed by atoms with Crippen molar-refractivity contribution >= 4 is 45.0 Å². The number of nitrogens with zero attached hydrogens (tertiary/aromatic N) is 4. The lowest BCUT2D eigenvalue weighted by Crippen LogP contribution is -2.15. The van der Waals surface area contributed by atoms with E-state index >= 15 is 0 Å². The monoisotopic (exact) mass is 479 g/mol. The van der Waals surface area contributed by atoms with Crippen LogP contribution < -0.4 is 5.32 Å². The number of furan rings is 1. The number of nitrogens with one attached hydrogen (secondary N) is 1. The smallest absolute Gasteiger partial charge is 0.270 e. The number of carbonyl (C=O) groups is 1. The van der Waals surface area contributed by atoms with E-state index in [2.05, 4.69) is 45.3 Å². The minimum atomic E-state index is -0.496. The summed E-state index contributed by atoms with van der Waals surface area (Å²) in [6, 6.07) is 7.77. The van der Waals surface area contributed by atoms with Crippen LogP contribution in [-0.4, -0.2) is 31.3 Å². The van der Waals surface area contributed by atoms with Crippen molar-refractivity contribution in [2.45, 2.75) is 25.5 Å². The highest BCUT2D eigenvalue weighted by atomic mass is 79.9. The number of amides is 1. The molecule has 29 heavy (non-hydrogen) atoms. The molecule has 0 saturated heterocycles. The third kappa shape index (κ3) is 5.24. The molecule has 0 aliphatic rings. The van der Waals surface area contributed by atoms with Gasteiger partial charge in [0.1, 0.15) is 0 Å². The van der Waals surface area contributed by atoms with Gasteiger partial charge in [-0.1, -0.05) is 25.6 Å². The largest absolute Gasteiger partial charge is 0.461 e. The standard InChI is InChI=1S/C18H18BrN5O4S/c1-11(2)9-23-17(15-4-3-7-28-15)21-22-18(23)29-10-16(25)20-14-6-5-12(24(26)27)8-13(14)19/h3-8,11H,9-10H2,1-2H3,(H,20,25). The van der Waals surface area contributed by atoms with Crippen LogP contribution in [0.1, 0.15) is 13.8 Å². The van der Waals surface area contributed by atoms with Gasteiger partial charge in [-0.3, -0.25) is 19.5 Å². The number of hydrogen-bond donors (Lipinski definition) is 1. The summed E-state index contributed by atoms with van der Waals surface area (Å²) in [7, 11) is 0. The molecule has 3 aromatic rings. The molecule has 0 aliphatic carbocycles. The molecule has 0 saturated carbocycles. The van der Waals surface area contributed by atoms with Crippen LogP contribution in [0.5, 0.6) is 0 Å². The molecule has 0 aliphatic heterocycles. The lowest BCUT2D eigenvalue weighted by Gasteiger charge is -2.11. The fourth-order valence-corrected chi connectivity index (χ4v) is 3.76. The van der Waals surface area contributed by atoms with Gasteiger partial charge in [0.15, 0.2) is 16.7 Å². The number of non-ortho nitro benzene ring substituents is 1. The van der Waals surface area contributed by atoms with Crippen LogP contribution in [0.15, 0.2) is 50.6 Å². The first kappa shape index (κ1) is 21.1. The summed E-state index contributed by atoms with van der Waals surface area (Å²) in [6.07, 6.45) is 1.58. The predicted octanol–water partition coefficient (Wildman–Crippen LogP) is 4.60. The third-order valence-electron chi connectivity index (χ3n) is 3.78. The Labute approximate surface area is 179 Å². The lowest BCUT2D eigenvalue weighted by molar-refractivity contribution is -0.384. The van der Waals surface area contributed by atoms with Crippen LogP contribution in [0.4, 0.5) is 11.4 Å². The predicted molar refractivity (Wildman–Crippen MR) is 113 cm³/mol. The zero-order chi connectivity index (χ0) is 21.0. The van der Waals surface area contributed by atoms with Crippen LogP contribution >= 0.6 is 27.7 Å². The molecular weight excluding hydrogens is 462 g/mol. The van der Waals surface area contributed by atoms with Gasteiger partial charge < -0.3 is 9.73 Å². The van der Waals surface area contributed by atoms with E-state index in [-0.39, 0.29) is 17.3 Å². The molecule has 0 unspecified atom stereocenters. The van der Waals surface area contributed by atoms with Crippen LogP contribution in [0.3, 0.4) is 0 Å². The summed E-state index contributed by atoms with van der Waals surface area (Å²) in [5.41, 5.74) is 0.401. The molecule has 11 heteroatoms. The van der Waals surface area contributed by atoms with Crippen LogP contribution in [-0.2, 0) is 11.3 Å². The molecule has 0 spiro atoms. The van der Waals surface area contributed by atoms with E-state index in [1.165, 1.54) is 30.0 Å². The van der Waals surface area contributed by atoms with E-state index < -0.39 is 4.92 Å². The van der Waals surface area contributed by atoms with E-state index in [0.29, 0.717) is 39.4 Å². The van der Waals surface area contributed by atoms with Crippen molar-refractivity contribution in [3.05, 3.63) is 51.2 Å². The van der Waals surface area contributed by atoms with Crippen LogP contribution in [0, 0.1) is 16.0 Å². The molecule has 1 aromatic carbocycles. The summed E-state index contributed by atoms with van der Waals surface area (Å²) in [6.45, 7) is 4.85. The highest BCUT2D eigenvalue weighted by molar-refractivity contribution is 9.10. The Morgan fingerprint density at radius 1 is 1.38 bits per heavy atom. The second-order valence-electron chi connectivity index (χ2n) is 6.55. The highest BCUT2D eigenvalue weighted by Gasteiger charge is 2.18. The van der Waals surface area contributed by atoms with Gasteiger partial charge >= 0.3 is 0 Å². The van der Waals surface area contributed by atoms with Crippen molar-refractivity contribution in [3.63, 3.8) is 0 Å². The maximum Gasteiger partial charge on any atom is 0.270 e. The topological polar surface area (TPSA) is 116 Å². The first-order valence-electron chi connectivity index (χ1n) is 8.69. The van der Waals surface area contributed by atoms with E-state index in [9.17, 15) is 14.9 Å². The van der Waals surface area contributed by atoms with E-state index in [1.807, 2.05) is 10.6 Å².